The Labute approximate surface area is 178 Å². The highest BCUT2D eigenvalue weighted by molar-refractivity contribution is 5.39. The van der Waals surface area contributed by atoms with E-state index in [2.05, 4.69) is 64.9 Å². The minimum Gasteiger partial charge on any atom is -0.393 e. The summed E-state index contributed by atoms with van der Waals surface area (Å²) in [5.41, 5.74) is 4.26. The van der Waals surface area contributed by atoms with Gasteiger partial charge in [-0.2, -0.15) is 0 Å². The Morgan fingerprint density at radius 3 is 2.41 bits per heavy atom. The Hall–Kier alpha value is -1.04. The van der Waals surface area contributed by atoms with Crippen molar-refractivity contribution < 1.29 is 5.11 Å². The molecule has 0 saturated heterocycles. The molecule has 0 heterocycles. The lowest BCUT2D eigenvalue weighted by molar-refractivity contribution is -0.208. The molecule has 2 nitrogen and oxygen atoms in total. The molecule has 0 spiro atoms. The van der Waals surface area contributed by atoms with Crippen molar-refractivity contribution >= 4 is 0 Å². The maximum Gasteiger partial charge on any atom is 0.0578 e. The van der Waals surface area contributed by atoms with E-state index in [-0.39, 0.29) is 33.2 Å². The first-order valence-corrected chi connectivity index (χ1v) is 11.7. The van der Waals surface area contributed by atoms with E-state index in [0.29, 0.717) is 12.6 Å². The van der Waals surface area contributed by atoms with E-state index in [1.54, 1.807) is 11.1 Å². The molecule has 2 saturated carbocycles. The number of allylic oxidation sites excluding steroid dienone is 2. The van der Waals surface area contributed by atoms with E-state index in [9.17, 15) is 5.11 Å². The fourth-order valence-electron chi connectivity index (χ4n) is 8.50. The van der Waals surface area contributed by atoms with Crippen molar-refractivity contribution in [2.75, 3.05) is 6.54 Å². The Balaban J connectivity index is 1.76. The Kier molecular flexibility index (Phi) is 4.74. The molecule has 0 aromatic carbocycles. The van der Waals surface area contributed by atoms with Crippen molar-refractivity contribution in [3.8, 4) is 12.3 Å². The summed E-state index contributed by atoms with van der Waals surface area (Å²) < 4.78 is 0. The highest BCUT2D eigenvalue weighted by Gasteiger charge is 2.72. The molecule has 2 N–H and O–H groups in total. The van der Waals surface area contributed by atoms with Gasteiger partial charge in [-0.3, -0.25) is 5.32 Å². The van der Waals surface area contributed by atoms with Crippen LogP contribution >= 0.6 is 0 Å². The number of rotatable bonds is 3. The van der Waals surface area contributed by atoms with Crippen molar-refractivity contribution in [2.45, 2.75) is 98.6 Å². The number of fused-ring (bicyclic) bond motifs is 5. The summed E-state index contributed by atoms with van der Waals surface area (Å²) in [6, 6.07) is 0.334. The summed E-state index contributed by atoms with van der Waals surface area (Å²) in [7, 11) is 0. The largest absolute Gasteiger partial charge is 0.393 e. The second-order valence-electron chi connectivity index (χ2n) is 11.7. The van der Waals surface area contributed by atoms with Crippen LogP contribution in [0, 0.1) is 39.4 Å². The summed E-state index contributed by atoms with van der Waals surface area (Å²) in [5, 5.41) is 13.9. The third-order valence-corrected chi connectivity index (χ3v) is 11.2. The van der Waals surface area contributed by atoms with Gasteiger partial charge in [0.15, 0.2) is 0 Å². The van der Waals surface area contributed by atoms with Gasteiger partial charge in [-0.1, -0.05) is 63.8 Å². The average molecular weight is 396 g/mol. The third-order valence-electron chi connectivity index (χ3n) is 11.2. The summed E-state index contributed by atoms with van der Waals surface area (Å²) >= 11 is 0. The van der Waals surface area contributed by atoms with E-state index in [1.165, 1.54) is 12.8 Å². The quantitative estimate of drug-likeness (QED) is 0.479. The molecular weight excluding hydrogens is 354 g/mol. The van der Waals surface area contributed by atoms with Gasteiger partial charge in [0.2, 0.25) is 0 Å². The molecule has 1 unspecified atom stereocenters. The smallest absolute Gasteiger partial charge is 0.0578 e. The highest BCUT2D eigenvalue weighted by Crippen LogP contribution is 2.80. The molecule has 7 atom stereocenters. The minimum atomic E-state index is -0.144. The van der Waals surface area contributed by atoms with Crippen LogP contribution in [0.1, 0.15) is 86.5 Å². The number of aliphatic hydroxyl groups is 1. The van der Waals surface area contributed by atoms with Gasteiger partial charge in [-0.05, 0) is 78.9 Å². The van der Waals surface area contributed by atoms with Crippen LogP contribution < -0.4 is 5.32 Å². The molecule has 4 aliphatic carbocycles. The fourth-order valence-corrected chi connectivity index (χ4v) is 8.50. The maximum absolute atomic E-state index is 10.3. The van der Waals surface area contributed by atoms with Gasteiger partial charge in [0.25, 0.3) is 0 Å². The van der Waals surface area contributed by atoms with Gasteiger partial charge in [-0.25, -0.2) is 0 Å². The van der Waals surface area contributed by atoms with Crippen LogP contribution in [-0.4, -0.2) is 23.8 Å². The molecule has 0 aromatic heterocycles. The van der Waals surface area contributed by atoms with Gasteiger partial charge in [0.05, 0.1) is 12.6 Å². The second-order valence-corrected chi connectivity index (χ2v) is 11.7. The second kappa shape index (κ2) is 6.48. The first-order chi connectivity index (χ1) is 13.5. The highest BCUT2D eigenvalue weighted by atomic mass is 16.3. The first kappa shape index (κ1) is 21.2. The summed E-state index contributed by atoms with van der Waals surface area (Å²) in [6.07, 6.45) is 18.2. The molecule has 160 valence electrons. The fraction of sp³-hybridized carbons (Fsp3) is 0.778. The van der Waals surface area contributed by atoms with E-state index in [0.717, 1.165) is 32.1 Å². The Bertz CT molecular complexity index is 804. The lowest BCUT2D eigenvalue weighted by Crippen LogP contribution is -2.66. The van der Waals surface area contributed by atoms with Gasteiger partial charge in [0, 0.05) is 6.04 Å². The van der Waals surface area contributed by atoms with E-state index >= 15 is 0 Å². The van der Waals surface area contributed by atoms with Crippen LogP contribution in [0.3, 0.4) is 0 Å². The Morgan fingerprint density at radius 2 is 1.72 bits per heavy atom. The SMILES string of the molecule is C#CCN[C@@H](C)C1=CC[C@@]2(C)[C@]3(C)CC=C4CC(O)CC[C@]4(C)[C@@]3(C)CC[C@]12C. The van der Waals surface area contributed by atoms with Crippen molar-refractivity contribution in [3.05, 3.63) is 23.3 Å². The number of hydrogen-bond acceptors (Lipinski definition) is 2. The molecule has 29 heavy (non-hydrogen) atoms. The molecule has 4 rings (SSSR count). The normalized spacial score (nSPS) is 49.8. The van der Waals surface area contributed by atoms with Crippen molar-refractivity contribution in [1.82, 2.24) is 5.32 Å². The number of nitrogens with one attached hydrogen (secondary N) is 1. The standard InChI is InChI=1S/C27H41NO/c1-8-17-28-19(2)22-11-14-25(5)24(22,4)15-16-26(6)23(3)12-10-21(29)18-20(23)9-13-27(25,26)7/h1,9,11,19,21,28-29H,10,12-18H2,2-7H3/t19-,21?,23-,24+,25+,26+,27-/m0/s1. The van der Waals surface area contributed by atoms with Crippen LogP contribution in [0.25, 0.3) is 0 Å². The zero-order valence-corrected chi connectivity index (χ0v) is 19.5. The number of aliphatic hydroxyl groups excluding tert-OH is 1. The average Bonchev–Trinajstić information content (AvgIpc) is 2.96. The van der Waals surface area contributed by atoms with Crippen LogP contribution in [0.5, 0.6) is 0 Å². The monoisotopic (exact) mass is 395 g/mol. The number of hydrogen-bond donors (Lipinski definition) is 2. The van der Waals surface area contributed by atoms with Crippen molar-refractivity contribution in [1.29, 1.82) is 0 Å². The lowest BCUT2D eigenvalue weighted by Gasteiger charge is -2.73. The predicted molar refractivity (Wildman–Crippen MR) is 121 cm³/mol. The maximum atomic E-state index is 10.3. The minimum absolute atomic E-state index is 0.144. The van der Waals surface area contributed by atoms with Gasteiger partial charge in [0.1, 0.15) is 0 Å². The van der Waals surface area contributed by atoms with E-state index in [1.807, 2.05) is 0 Å². The van der Waals surface area contributed by atoms with Crippen molar-refractivity contribution in [3.63, 3.8) is 0 Å². The zero-order valence-electron chi connectivity index (χ0n) is 19.5. The topological polar surface area (TPSA) is 32.3 Å². The van der Waals surface area contributed by atoms with Gasteiger partial charge < -0.3 is 5.11 Å². The summed E-state index contributed by atoms with van der Waals surface area (Å²) in [6.45, 7) is 15.8. The molecule has 0 amide bonds. The van der Waals surface area contributed by atoms with Crippen LogP contribution in [0.4, 0.5) is 0 Å². The summed E-state index contributed by atoms with van der Waals surface area (Å²) in [5.74, 6) is 2.75. The molecule has 0 bridgehead atoms. The lowest BCUT2D eigenvalue weighted by atomic mass is 9.31. The molecule has 0 aliphatic heterocycles. The van der Waals surface area contributed by atoms with Gasteiger partial charge >= 0.3 is 0 Å². The zero-order chi connectivity index (χ0) is 21.3. The molecule has 2 heteroatoms. The third kappa shape index (κ3) is 2.38. The predicted octanol–water partition coefficient (Wildman–Crippen LogP) is 5.63. The Morgan fingerprint density at radius 1 is 1.03 bits per heavy atom. The van der Waals surface area contributed by atoms with Crippen LogP contribution in [0.15, 0.2) is 23.3 Å². The molecule has 4 aliphatic rings. The molecule has 0 aromatic rings. The molecular formula is C27H41NO. The van der Waals surface area contributed by atoms with E-state index < -0.39 is 0 Å². The van der Waals surface area contributed by atoms with E-state index in [4.69, 9.17) is 6.42 Å². The number of terminal acetylenes is 1. The van der Waals surface area contributed by atoms with Crippen LogP contribution in [0.2, 0.25) is 0 Å². The van der Waals surface area contributed by atoms with Crippen molar-refractivity contribution in [2.24, 2.45) is 27.1 Å². The van der Waals surface area contributed by atoms with Crippen LogP contribution in [-0.2, 0) is 0 Å². The summed E-state index contributed by atoms with van der Waals surface area (Å²) in [4.78, 5) is 0. The van der Waals surface area contributed by atoms with Gasteiger partial charge in [-0.15, -0.1) is 6.42 Å². The molecule has 0 radical (unpaired) electrons. The first-order valence-electron chi connectivity index (χ1n) is 11.7. The molecule has 2 fully saturated rings.